The SMILES string of the molecule is CC/C=C\C/C=C\C/C=C\C/C=C\C/C=C\CCCC(=O)OCC(COP(=O)(O)OCC(O)COP(=O)(O)OCC(COC(=O)CCCCCCCC/C=C\C/C=C\C/C=C\C/C=C\CC)OC(=O)CCCCCCC/C=C\C/C=C\C/C=C\CC)OC(=O)CCCC/C=C\C/C=C\C/C=C\C/C=C\CC. The second kappa shape index (κ2) is 77.1. The van der Waals surface area contributed by atoms with Crippen molar-refractivity contribution in [1.29, 1.82) is 0 Å². The number of aliphatic hydroxyl groups is 1. The van der Waals surface area contributed by atoms with E-state index in [1.54, 1.807) is 0 Å². The molecule has 5 unspecified atom stereocenters. The Morgan fingerprint density at radius 2 is 0.472 bits per heavy atom. The highest BCUT2D eigenvalue weighted by atomic mass is 31.2. The second-order valence-corrected chi connectivity index (χ2v) is 28.4. The Hall–Kier alpha value is -6.10. The maximum Gasteiger partial charge on any atom is 0.472 e. The van der Waals surface area contributed by atoms with Gasteiger partial charge in [0.1, 0.15) is 19.3 Å². The quantitative estimate of drug-likeness (QED) is 0.0169. The largest absolute Gasteiger partial charge is 0.472 e. The number of esters is 4. The summed E-state index contributed by atoms with van der Waals surface area (Å²) in [5.74, 6) is -2.35. The van der Waals surface area contributed by atoms with Crippen molar-refractivity contribution in [2.45, 2.75) is 290 Å². The van der Waals surface area contributed by atoms with Crippen LogP contribution in [0.2, 0.25) is 0 Å². The summed E-state index contributed by atoms with van der Waals surface area (Å²) in [7, 11) is -10.0. The van der Waals surface area contributed by atoms with Crippen LogP contribution in [0.4, 0.5) is 0 Å². The molecule has 0 fully saturated rings. The Labute approximate surface area is 640 Å². The van der Waals surface area contributed by atoms with Crippen LogP contribution in [-0.4, -0.2) is 96.7 Å². The number of carbonyl (C=O) groups excluding carboxylic acids is 4. The zero-order valence-electron chi connectivity index (χ0n) is 65.3. The number of phosphoric ester groups is 2. The molecule has 0 bridgehead atoms. The first-order valence-corrected chi connectivity index (χ1v) is 42.7. The molecule has 0 aromatic rings. The van der Waals surface area contributed by atoms with Crippen molar-refractivity contribution in [3.8, 4) is 0 Å². The van der Waals surface area contributed by atoms with E-state index < -0.39 is 97.5 Å². The van der Waals surface area contributed by atoms with Gasteiger partial charge < -0.3 is 33.8 Å². The fourth-order valence-corrected chi connectivity index (χ4v) is 11.2. The third-order valence-corrected chi connectivity index (χ3v) is 17.4. The van der Waals surface area contributed by atoms with Crippen molar-refractivity contribution in [2.75, 3.05) is 39.6 Å². The van der Waals surface area contributed by atoms with Gasteiger partial charge in [-0.2, -0.15) is 0 Å². The summed E-state index contributed by atoms with van der Waals surface area (Å²) in [6.07, 6.45) is 94.2. The van der Waals surface area contributed by atoms with Crippen LogP contribution >= 0.6 is 15.6 Å². The Morgan fingerprint density at radius 1 is 0.264 bits per heavy atom. The fourth-order valence-electron chi connectivity index (χ4n) is 9.66. The molecule has 0 saturated heterocycles. The summed E-state index contributed by atoms with van der Waals surface area (Å²) >= 11 is 0. The first-order valence-electron chi connectivity index (χ1n) is 39.7. The summed E-state index contributed by atoms with van der Waals surface area (Å²) < 4.78 is 68.5. The Balaban J connectivity index is 5.49. The van der Waals surface area contributed by atoms with Crippen LogP contribution in [0.25, 0.3) is 0 Å². The molecule has 5 atom stereocenters. The minimum absolute atomic E-state index is 0.0221. The van der Waals surface area contributed by atoms with Gasteiger partial charge in [0.25, 0.3) is 0 Å². The number of unbranched alkanes of at least 4 members (excludes halogenated alkanes) is 14. The van der Waals surface area contributed by atoms with Gasteiger partial charge in [-0.05, 0) is 173 Å². The molecule has 0 saturated carbocycles. The summed E-state index contributed by atoms with van der Waals surface area (Å²) in [5, 5.41) is 10.6. The van der Waals surface area contributed by atoms with Crippen LogP contribution in [0.5, 0.6) is 0 Å². The summed E-state index contributed by atoms with van der Waals surface area (Å²) in [6.45, 7) is 4.24. The van der Waals surface area contributed by atoms with E-state index in [0.29, 0.717) is 38.5 Å². The Bertz CT molecular complexity index is 2780. The molecule has 0 aliphatic carbocycles. The van der Waals surface area contributed by atoms with E-state index in [1.165, 1.54) is 0 Å². The lowest BCUT2D eigenvalue weighted by Gasteiger charge is -2.21. The molecule has 0 radical (unpaired) electrons. The van der Waals surface area contributed by atoms with Crippen molar-refractivity contribution in [1.82, 2.24) is 0 Å². The zero-order chi connectivity index (χ0) is 77.4. The van der Waals surface area contributed by atoms with E-state index in [-0.39, 0.29) is 25.7 Å². The lowest BCUT2D eigenvalue weighted by atomic mass is 10.1. The van der Waals surface area contributed by atoms with Gasteiger partial charge in [-0.15, -0.1) is 0 Å². The third kappa shape index (κ3) is 76.1. The van der Waals surface area contributed by atoms with Crippen molar-refractivity contribution >= 4 is 39.5 Å². The van der Waals surface area contributed by atoms with Crippen LogP contribution in [0, 0.1) is 0 Å². The van der Waals surface area contributed by atoms with Gasteiger partial charge in [0.05, 0.1) is 26.4 Å². The molecule has 17 nitrogen and oxygen atoms in total. The average Bonchev–Trinajstić information content (AvgIpc) is 0.928. The highest BCUT2D eigenvalue weighted by Gasteiger charge is 2.30. The molecule has 0 heterocycles. The predicted molar refractivity (Wildman–Crippen MR) is 436 cm³/mol. The molecule has 598 valence electrons. The van der Waals surface area contributed by atoms with Gasteiger partial charge in [0, 0.05) is 25.7 Å². The normalized spacial score (nSPS) is 14.9. The van der Waals surface area contributed by atoms with E-state index in [2.05, 4.69) is 210 Å². The maximum atomic E-state index is 13.1. The molecule has 0 aromatic heterocycles. The molecule has 0 amide bonds. The number of aliphatic hydroxyl groups excluding tert-OH is 1. The fraction of sp³-hybridized carbons (Fsp3) is 0.586. The molecule has 19 heteroatoms. The smallest absolute Gasteiger partial charge is 0.462 e. The number of hydrogen-bond acceptors (Lipinski definition) is 15. The molecular formula is C87H138O17P2. The molecule has 0 spiro atoms. The molecule has 0 rings (SSSR count). The van der Waals surface area contributed by atoms with E-state index in [0.717, 1.165) is 180 Å². The standard InChI is InChI=1S/C87H138O17P2/c1-5-9-13-17-21-25-29-33-37-39-40-42-46-48-52-56-60-64-68-72-85(90)98-78-83(104-87(92)74-70-66-62-58-54-50-44-36-32-28-24-20-16-12-8-4)80-102-106(95,96)100-76-81(88)75-99-105(93,94)101-79-82(103-86(91)73-69-65-61-57-53-49-43-35-31-27-23-19-15-11-7-3)77-97-84(89)71-67-63-59-55-51-47-45-41-38-34-30-26-22-18-14-10-6-2/h9-16,21-28,33-38,40,42-45,47,53,55,57,59,81-83,88H,5-8,17-20,29-32,39,41,46,48-52,54,56,58,60-80H2,1-4H3,(H,93,94)(H,95,96)/b13-9-,14-10-,15-11-,16-12-,25-21-,26-22-,27-23-,28-24-,37-33-,38-34-,42-40-,43-35-,44-36-,47-45-,57-53-,59-55-. The molecule has 0 aliphatic rings. The lowest BCUT2D eigenvalue weighted by molar-refractivity contribution is -0.161. The first kappa shape index (κ1) is 99.9. The Kier molecular flexibility index (Phi) is 72.6. The maximum absolute atomic E-state index is 13.1. The van der Waals surface area contributed by atoms with Crippen LogP contribution in [-0.2, 0) is 65.4 Å². The van der Waals surface area contributed by atoms with E-state index in [9.17, 15) is 43.2 Å². The molecule has 0 aromatic carbocycles. The van der Waals surface area contributed by atoms with Crippen molar-refractivity contribution < 1.29 is 80.2 Å². The van der Waals surface area contributed by atoms with Gasteiger partial charge in [0.15, 0.2) is 12.2 Å². The Morgan fingerprint density at radius 3 is 0.764 bits per heavy atom. The highest BCUT2D eigenvalue weighted by molar-refractivity contribution is 7.47. The minimum atomic E-state index is -5.01. The number of ether oxygens (including phenoxy) is 4. The van der Waals surface area contributed by atoms with Gasteiger partial charge in [-0.3, -0.25) is 37.3 Å². The van der Waals surface area contributed by atoms with Crippen LogP contribution in [0.15, 0.2) is 194 Å². The highest BCUT2D eigenvalue weighted by Crippen LogP contribution is 2.45. The summed E-state index contributed by atoms with van der Waals surface area (Å²) in [5.41, 5.74) is 0. The van der Waals surface area contributed by atoms with Gasteiger partial charge in [-0.25, -0.2) is 9.13 Å². The summed E-state index contributed by atoms with van der Waals surface area (Å²) in [4.78, 5) is 73.0. The topological polar surface area (TPSA) is 237 Å². The minimum Gasteiger partial charge on any atom is -0.462 e. The van der Waals surface area contributed by atoms with E-state index in [1.807, 2.05) is 12.2 Å². The second-order valence-electron chi connectivity index (χ2n) is 25.5. The zero-order valence-corrected chi connectivity index (χ0v) is 67.1. The monoisotopic (exact) mass is 1520 g/mol. The van der Waals surface area contributed by atoms with Crippen LogP contribution in [0.1, 0.15) is 272 Å². The van der Waals surface area contributed by atoms with Crippen molar-refractivity contribution in [3.63, 3.8) is 0 Å². The van der Waals surface area contributed by atoms with E-state index >= 15 is 0 Å². The number of rotatable bonds is 72. The van der Waals surface area contributed by atoms with Gasteiger partial charge >= 0.3 is 39.5 Å². The van der Waals surface area contributed by atoms with Gasteiger partial charge in [0.2, 0.25) is 0 Å². The molecule has 3 N–H and O–H groups in total. The predicted octanol–water partition coefficient (Wildman–Crippen LogP) is 23.3. The van der Waals surface area contributed by atoms with Crippen molar-refractivity contribution in [2.24, 2.45) is 0 Å². The average molecular weight is 1520 g/mol. The lowest BCUT2D eigenvalue weighted by Crippen LogP contribution is -2.30. The summed E-state index contributed by atoms with van der Waals surface area (Å²) in [6, 6.07) is 0. The van der Waals surface area contributed by atoms with E-state index in [4.69, 9.17) is 37.0 Å². The molecular weight excluding hydrogens is 1380 g/mol. The number of phosphoric acid groups is 2. The number of carbonyl (C=O) groups is 4. The molecule has 0 aliphatic heterocycles. The number of hydrogen-bond donors (Lipinski definition) is 3. The molecule has 106 heavy (non-hydrogen) atoms. The van der Waals surface area contributed by atoms with Crippen molar-refractivity contribution in [3.05, 3.63) is 194 Å². The van der Waals surface area contributed by atoms with Crippen LogP contribution in [0.3, 0.4) is 0 Å². The van der Waals surface area contributed by atoms with Gasteiger partial charge in [-0.1, -0.05) is 267 Å². The number of allylic oxidation sites excluding steroid dienone is 32. The first-order chi connectivity index (χ1) is 51.7. The van der Waals surface area contributed by atoms with Crippen LogP contribution < -0.4 is 0 Å². The third-order valence-electron chi connectivity index (χ3n) is 15.5.